The normalized spacial score (nSPS) is 21.9. The molecule has 1 radical (unpaired) electrons. The van der Waals surface area contributed by atoms with Crippen molar-refractivity contribution in [3.63, 3.8) is 0 Å². The Labute approximate surface area is 80.0 Å². The SMILES string of the molecule is CCCCCC[CH]C1CSC=N1. The van der Waals surface area contributed by atoms with Gasteiger partial charge in [-0.25, -0.2) is 0 Å². The number of hydrogen-bond donors (Lipinski definition) is 0. The highest BCUT2D eigenvalue weighted by atomic mass is 32.2. The van der Waals surface area contributed by atoms with Gasteiger partial charge in [0.15, 0.2) is 0 Å². The lowest BCUT2D eigenvalue weighted by atomic mass is 10.1. The lowest BCUT2D eigenvalue weighted by Gasteiger charge is -2.04. The van der Waals surface area contributed by atoms with E-state index in [4.69, 9.17) is 0 Å². The lowest BCUT2D eigenvalue weighted by molar-refractivity contribution is 0.644. The van der Waals surface area contributed by atoms with Crippen molar-refractivity contribution in [1.82, 2.24) is 0 Å². The van der Waals surface area contributed by atoms with Crippen molar-refractivity contribution >= 4 is 17.3 Å². The Morgan fingerprint density at radius 2 is 2.42 bits per heavy atom. The van der Waals surface area contributed by atoms with E-state index in [9.17, 15) is 0 Å². The summed E-state index contributed by atoms with van der Waals surface area (Å²) in [5, 5.41) is 0. The second-order valence-electron chi connectivity index (χ2n) is 3.24. The molecule has 1 aliphatic heterocycles. The maximum absolute atomic E-state index is 4.34. The number of rotatable bonds is 6. The van der Waals surface area contributed by atoms with Crippen molar-refractivity contribution in [3.05, 3.63) is 6.42 Å². The van der Waals surface area contributed by atoms with Crippen LogP contribution in [0, 0.1) is 6.42 Å². The molecule has 0 spiro atoms. The van der Waals surface area contributed by atoms with Gasteiger partial charge in [-0.1, -0.05) is 32.6 Å². The molecule has 12 heavy (non-hydrogen) atoms. The van der Waals surface area contributed by atoms with E-state index >= 15 is 0 Å². The third-order valence-corrected chi connectivity index (χ3v) is 2.90. The lowest BCUT2D eigenvalue weighted by Crippen LogP contribution is -2.03. The van der Waals surface area contributed by atoms with Gasteiger partial charge in [0.25, 0.3) is 0 Å². The fourth-order valence-electron chi connectivity index (χ4n) is 1.32. The minimum atomic E-state index is 0.525. The predicted octanol–water partition coefficient (Wildman–Crippen LogP) is 3.30. The number of hydrogen-bond acceptors (Lipinski definition) is 2. The van der Waals surface area contributed by atoms with E-state index in [-0.39, 0.29) is 0 Å². The summed E-state index contributed by atoms with van der Waals surface area (Å²) in [5.74, 6) is 1.17. The summed E-state index contributed by atoms with van der Waals surface area (Å²) in [6, 6.07) is 0.525. The van der Waals surface area contributed by atoms with Gasteiger partial charge < -0.3 is 0 Å². The smallest absolute Gasteiger partial charge is 0.0631 e. The fraction of sp³-hybridized carbons (Fsp3) is 0.800. The molecule has 0 amide bonds. The Bertz CT molecular complexity index is 134. The second-order valence-corrected chi connectivity index (χ2v) is 4.12. The van der Waals surface area contributed by atoms with Gasteiger partial charge in [0, 0.05) is 5.75 Å². The highest BCUT2D eigenvalue weighted by Gasteiger charge is 2.09. The van der Waals surface area contributed by atoms with Crippen LogP contribution < -0.4 is 0 Å². The first-order chi connectivity index (χ1) is 5.93. The average molecular weight is 184 g/mol. The van der Waals surface area contributed by atoms with Crippen LogP contribution in [0.2, 0.25) is 0 Å². The van der Waals surface area contributed by atoms with Crippen LogP contribution in [-0.4, -0.2) is 17.3 Å². The Morgan fingerprint density at radius 1 is 1.50 bits per heavy atom. The second kappa shape index (κ2) is 6.53. The maximum Gasteiger partial charge on any atom is 0.0631 e. The standard InChI is InChI=1S/C10H18NS/c1-2-3-4-5-6-7-10-8-12-9-11-10/h7,9-10H,2-6,8H2,1H3. The molecule has 0 aliphatic carbocycles. The van der Waals surface area contributed by atoms with Gasteiger partial charge in [0.1, 0.15) is 0 Å². The van der Waals surface area contributed by atoms with E-state index in [1.54, 1.807) is 0 Å². The summed E-state index contributed by atoms with van der Waals surface area (Å²) >= 11 is 1.83. The van der Waals surface area contributed by atoms with E-state index in [1.807, 2.05) is 17.3 Å². The molecule has 1 atom stereocenters. The first kappa shape index (κ1) is 10.1. The Balaban J connectivity index is 1.85. The first-order valence-electron chi connectivity index (χ1n) is 4.90. The molecular weight excluding hydrogens is 166 g/mol. The zero-order chi connectivity index (χ0) is 8.65. The summed E-state index contributed by atoms with van der Waals surface area (Å²) < 4.78 is 0. The van der Waals surface area contributed by atoms with Gasteiger partial charge in [0.2, 0.25) is 0 Å². The summed E-state index contributed by atoms with van der Waals surface area (Å²) in [6.45, 7) is 2.25. The molecule has 0 saturated heterocycles. The fourth-order valence-corrected chi connectivity index (χ4v) is 2.06. The molecule has 2 heteroatoms. The molecule has 69 valence electrons. The molecule has 1 rings (SSSR count). The molecule has 0 aromatic carbocycles. The van der Waals surface area contributed by atoms with Crippen molar-refractivity contribution in [3.8, 4) is 0 Å². The molecule has 0 bridgehead atoms. The van der Waals surface area contributed by atoms with Crippen molar-refractivity contribution in [1.29, 1.82) is 0 Å². The highest BCUT2D eigenvalue weighted by molar-refractivity contribution is 8.12. The summed E-state index contributed by atoms with van der Waals surface area (Å²) in [5.41, 5.74) is 1.98. The van der Waals surface area contributed by atoms with Crippen LogP contribution >= 0.6 is 11.8 Å². The van der Waals surface area contributed by atoms with E-state index in [0.29, 0.717) is 6.04 Å². The minimum Gasteiger partial charge on any atom is -0.282 e. The highest BCUT2D eigenvalue weighted by Crippen LogP contribution is 2.16. The van der Waals surface area contributed by atoms with Gasteiger partial charge >= 0.3 is 0 Å². The van der Waals surface area contributed by atoms with Crippen LogP contribution in [0.3, 0.4) is 0 Å². The van der Waals surface area contributed by atoms with Crippen LogP contribution in [0.4, 0.5) is 0 Å². The number of aliphatic imine (C=N–C) groups is 1. The zero-order valence-electron chi connectivity index (χ0n) is 7.83. The molecule has 0 aromatic heterocycles. The molecule has 0 fully saturated rings. The topological polar surface area (TPSA) is 12.4 Å². The quantitative estimate of drug-likeness (QED) is 0.577. The van der Waals surface area contributed by atoms with Crippen LogP contribution in [0.5, 0.6) is 0 Å². The molecule has 1 unspecified atom stereocenters. The molecule has 0 aromatic rings. The van der Waals surface area contributed by atoms with Gasteiger partial charge in [-0.15, -0.1) is 11.8 Å². The van der Waals surface area contributed by atoms with Crippen molar-refractivity contribution in [2.45, 2.75) is 45.1 Å². The van der Waals surface area contributed by atoms with Crippen LogP contribution in [0.25, 0.3) is 0 Å². The third-order valence-electron chi connectivity index (χ3n) is 2.09. The van der Waals surface area contributed by atoms with E-state index < -0.39 is 0 Å². The van der Waals surface area contributed by atoms with Crippen molar-refractivity contribution in [2.24, 2.45) is 4.99 Å². The third kappa shape index (κ3) is 4.15. The first-order valence-corrected chi connectivity index (χ1v) is 5.95. The molecule has 1 heterocycles. The Morgan fingerprint density at radius 3 is 3.08 bits per heavy atom. The van der Waals surface area contributed by atoms with Crippen molar-refractivity contribution in [2.75, 3.05) is 5.75 Å². The van der Waals surface area contributed by atoms with Gasteiger partial charge in [-0.2, -0.15) is 0 Å². The van der Waals surface area contributed by atoms with Crippen LogP contribution in [0.1, 0.15) is 39.0 Å². The summed E-state index contributed by atoms with van der Waals surface area (Å²) in [6.07, 6.45) is 9.07. The molecule has 1 nitrogen and oxygen atoms in total. The maximum atomic E-state index is 4.34. The molecular formula is C10H18NS. The van der Waals surface area contributed by atoms with Crippen molar-refractivity contribution < 1.29 is 0 Å². The monoisotopic (exact) mass is 184 g/mol. The zero-order valence-corrected chi connectivity index (χ0v) is 8.65. The van der Waals surface area contributed by atoms with Crippen LogP contribution in [0.15, 0.2) is 4.99 Å². The molecule has 0 N–H and O–H groups in total. The Kier molecular flexibility index (Phi) is 5.50. The summed E-state index contributed by atoms with van der Waals surface area (Å²) in [4.78, 5) is 4.34. The molecule has 1 aliphatic rings. The minimum absolute atomic E-state index is 0.525. The van der Waals surface area contributed by atoms with Crippen LogP contribution in [-0.2, 0) is 0 Å². The van der Waals surface area contributed by atoms with E-state index in [2.05, 4.69) is 18.3 Å². The number of unbranched alkanes of at least 4 members (excludes halogenated alkanes) is 4. The molecule has 0 saturated carbocycles. The van der Waals surface area contributed by atoms with Gasteiger partial charge in [-0.05, 0) is 12.8 Å². The Hall–Kier alpha value is 0.0200. The number of thioether (sulfide) groups is 1. The van der Waals surface area contributed by atoms with Gasteiger partial charge in [0.05, 0.1) is 11.6 Å². The average Bonchev–Trinajstić information content (AvgIpc) is 2.57. The largest absolute Gasteiger partial charge is 0.282 e. The van der Waals surface area contributed by atoms with Gasteiger partial charge in [-0.3, -0.25) is 4.99 Å². The predicted molar refractivity (Wildman–Crippen MR) is 57.8 cm³/mol. The van der Waals surface area contributed by atoms with E-state index in [1.165, 1.54) is 37.9 Å². The number of nitrogens with zero attached hydrogens (tertiary/aromatic N) is 1. The van der Waals surface area contributed by atoms with E-state index in [0.717, 1.165) is 0 Å². The summed E-state index contributed by atoms with van der Waals surface area (Å²) in [7, 11) is 0.